The van der Waals surface area contributed by atoms with Crippen LogP contribution in [0.15, 0.2) is 24.5 Å². The molecule has 0 aliphatic heterocycles. The van der Waals surface area contributed by atoms with Gasteiger partial charge in [0.15, 0.2) is 0 Å². The minimum Gasteiger partial charge on any atom is -0.370 e. The fourth-order valence-corrected chi connectivity index (χ4v) is 2.52. The summed E-state index contributed by atoms with van der Waals surface area (Å²) in [5, 5.41) is 15.8. The highest BCUT2D eigenvalue weighted by molar-refractivity contribution is 5.87. The van der Waals surface area contributed by atoms with Crippen LogP contribution in [-0.2, 0) is 6.42 Å². The van der Waals surface area contributed by atoms with Crippen molar-refractivity contribution in [2.75, 3.05) is 11.9 Å². The van der Waals surface area contributed by atoms with Crippen LogP contribution in [0.2, 0.25) is 0 Å². The van der Waals surface area contributed by atoms with Crippen molar-refractivity contribution in [1.82, 2.24) is 25.2 Å². The number of hydrogen-bond acceptors (Lipinski definition) is 5. The van der Waals surface area contributed by atoms with E-state index in [0.717, 1.165) is 40.9 Å². The number of hydrogen-bond donors (Lipinski definition) is 1. The minimum atomic E-state index is 0.858. The van der Waals surface area contributed by atoms with Crippen molar-refractivity contribution in [3.05, 3.63) is 35.7 Å². The second-order valence-electron chi connectivity index (χ2n) is 4.92. The number of rotatable bonds is 4. The van der Waals surface area contributed by atoms with E-state index in [1.807, 2.05) is 13.0 Å². The van der Waals surface area contributed by atoms with Gasteiger partial charge in [-0.15, -0.1) is 5.10 Å². The molecule has 0 amide bonds. The molecule has 3 aromatic rings. The average Bonchev–Trinajstić information content (AvgIpc) is 3.02. The van der Waals surface area contributed by atoms with E-state index >= 15 is 0 Å². The standard InChI is InChI=1S/C15H18N6/c1-4-11-8-12-6-7-13(21-9-17-19-20-21)10(3)14(12)18-15(11)16-5-2/h6-9H,4-5H2,1-3H3,(H,16,18). The Labute approximate surface area is 123 Å². The second-order valence-corrected chi connectivity index (χ2v) is 4.92. The summed E-state index contributed by atoms with van der Waals surface area (Å²) in [6.07, 6.45) is 2.55. The van der Waals surface area contributed by atoms with Crippen molar-refractivity contribution in [2.24, 2.45) is 0 Å². The number of pyridine rings is 1. The third-order valence-electron chi connectivity index (χ3n) is 3.61. The fourth-order valence-electron chi connectivity index (χ4n) is 2.52. The lowest BCUT2D eigenvalue weighted by Gasteiger charge is -2.13. The quantitative estimate of drug-likeness (QED) is 0.796. The Balaban J connectivity index is 2.22. The molecular weight excluding hydrogens is 264 g/mol. The van der Waals surface area contributed by atoms with E-state index in [4.69, 9.17) is 4.98 Å². The van der Waals surface area contributed by atoms with Crippen molar-refractivity contribution < 1.29 is 0 Å². The van der Waals surface area contributed by atoms with Gasteiger partial charge in [-0.3, -0.25) is 0 Å². The van der Waals surface area contributed by atoms with Crippen LogP contribution in [0.4, 0.5) is 5.82 Å². The lowest BCUT2D eigenvalue weighted by molar-refractivity contribution is 0.786. The Morgan fingerprint density at radius 3 is 2.76 bits per heavy atom. The number of aryl methyl sites for hydroxylation is 2. The van der Waals surface area contributed by atoms with Gasteiger partial charge in [-0.2, -0.15) is 0 Å². The van der Waals surface area contributed by atoms with Gasteiger partial charge in [-0.25, -0.2) is 9.67 Å². The van der Waals surface area contributed by atoms with Gasteiger partial charge in [-0.05, 0) is 48.4 Å². The van der Waals surface area contributed by atoms with Gasteiger partial charge in [-0.1, -0.05) is 13.0 Å². The Hall–Kier alpha value is -2.50. The van der Waals surface area contributed by atoms with E-state index in [1.165, 1.54) is 5.56 Å². The first-order valence-corrected chi connectivity index (χ1v) is 7.15. The van der Waals surface area contributed by atoms with Gasteiger partial charge in [0.2, 0.25) is 0 Å². The summed E-state index contributed by atoms with van der Waals surface area (Å²) in [4.78, 5) is 4.81. The molecule has 0 saturated heterocycles. The van der Waals surface area contributed by atoms with Crippen LogP contribution in [0.5, 0.6) is 0 Å². The number of nitrogens with zero attached hydrogens (tertiary/aromatic N) is 5. The minimum absolute atomic E-state index is 0.858. The van der Waals surface area contributed by atoms with Gasteiger partial charge >= 0.3 is 0 Å². The Bertz CT molecular complexity index is 763. The Morgan fingerprint density at radius 1 is 1.24 bits per heavy atom. The zero-order chi connectivity index (χ0) is 14.8. The summed E-state index contributed by atoms with van der Waals surface area (Å²) in [6, 6.07) is 6.31. The molecule has 1 N–H and O–H groups in total. The second kappa shape index (κ2) is 5.47. The fraction of sp³-hybridized carbons (Fsp3) is 0.333. The maximum absolute atomic E-state index is 4.81. The first-order valence-electron chi connectivity index (χ1n) is 7.15. The molecule has 0 radical (unpaired) electrons. The van der Waals surface area contributed by atoms with E-state index in [1.54, 1.807) is 11.0 Å². The number of nitrogens with one attached hydrogen (secondary N) is 1. The molecule has 108 valence electrons. The van der Waals surface area contributed by atoms with Crippen molar-refractivity contribution in [3.63, 3.8) is 0 Å². The molecule has 0 aliphatic carbocycles. The van der Waals surface area contributed by atoms with Crippen LogP contribution in [-0.4, -0.2) is 31.7 Å². The van der Waals surface area contributed by atoms with Gasteiger partial charge in [0.05, 0.1) is 11.2 Å². The van der Waals surface area contributed by atoms with Gasteiger partial charge < -0.3 is 5.32 Å². The maximum atomic E-state index is 4.81. The molecule has 0 saturated carbocycles. The highest BCUT2D eigenvalue weighted by Gasteiger charge is 2.11. The maximum Gasteiger partial charge on any atom is 0.143 e. The van der Waals surface area contributed by atoms with Crippen molar-refractivity contribution in [2.45, 2.75) is 27.2 Å². The third-order valence-corrected chi connectivity index (χ3v) is 3.61. The van der Waals surface area contributed by atoms with Crippen molar-refractivity contribution in [1.29, 1.82) is 0 Å². The van der Waals surface area contributed by atoms with Gasteiger partial charge in [0, 0.05) is 17.5 Å². The van der Waals surface area contributed by atoms with Crippen LogP contribution < -0.4 is 5.32 Å². The Kier molecular flexibility index (Phi) is 3.51. The van der Waals surface area contributed by atoms with Gasteiger partial charge in [0.1, 0.15) is 12.1 Å². The summed E-state index contributed by atoms with van der Waals surface area (Å²) >= 11 is 0. The van der Waals surface area contributed by atoms with Crippen LogP contribution in [0.3, 0.4) is 0 Å². The molecule has 0 unspecified atom stereocenters. The van der Waals surface area contributed by atoms with Crippen molar-refractivity contribution >= 4 is 16.7 Å². The zero-order valence-corrected chi connectivity index (χ0v) is 12.5. The van der Waals surface area contributed by atoms with E-state index in [2.05, 4.69) is 46.8 Å². The van der Waals surface area contributed by atoms with E-state index in [9.17, 15) is 0 Å². The third kappa shape index (κ3) is 2.33. The highest BCUT2D eigenvalue weighted by atomic mass is 15.5. The average molecular weight is 282 g/mol. The molecular formula is C15H18N6. The summed E-state index contributed by atoms with van der Waals surface area (Å²) in [5.74, 6) is 0.962. The summed E-state index contributed by atoms with van der Waals surface area (Å²) in [7, 11) is 0. The smallest absolute Gasteiger partial charge is 0.143 e. The van der Waals surface area contributed by atoms with Crippen LogP contribution >= 0.6 is 0 Å². The SMILES string of the molecule is CCNc1nc2c(C)c(-n3cnnn3)ccc2cc1CC. The lowest BCUT2D eigenvalue weighted by Crippen LogP contribution is -2.05. The largest absolute Gasteiger partial charge is 0.370 e. The summed E-state index contributed by atoms with van der Waals surface area (Å²) in [6.45, 7) is 7.13. The monoisotopic (exact) mass is 282 g/mol. The number of fused-ring (bicyclic) bond motifs is 1. The number of anilines is 1. The molecule has 0 spiro atoms. The summed E-state index contributed by atoms with van der Waals surface area (Å²) < 4.78 is 1.66. The molecule has 0 bridgehead atoms. The molecule has 3 rings (SSSR count). The van der Waals surface area contributed by atoms with Crippen LogP contribution in [0.25, 0.3) is 16.6 Å². The van der Waals surface area contributed by atoms with Gasteiger partial charge in [0.25, 0.3) is 0 Å². The van der Waals surface area contributed by atoms with Crippen LogP contribution in [0, 0.1) is 6.92 Å². The predicted molar refractivity (Wildman–Crippen MR) is 82.7 cm³/mol. The topological polar surface area (TPSA) is 68.5 Å². The number of benzene rings is 1. The molecule has 6 nitrogen and oxygen atoms in total. The van der Waals surface area contributed by atoms with Crippen molar-refractivity contribution in [3.8, 4) is 5.69 Å². The number of aromatic nitrogens is 5. The normalized spacial score (nSPS) is 11.0. The number of tetrazole rings is 1. The molecule has 1 aromatic carbocycles. The first kappa shape index (κ1) is 13.5. The van der Waals surface area contributed by atoms with E-state index in [0.29, 0.717) is 0 Å². The molecule has 0 aliphatic rings. The molecule has 0 atom stereocenters. The molecule has 2 aromatic heterocycles. The first-order chi connectivity index (χ1) is 10.2. The molecule has 2 heterocycles. The predicted octanol–water partition coefficient (Wildman–Crippen LogP) is 2.51. The molecule has 0 fully saturated rings. The van der Waals surface area contributed by atoms with E-state index < -0.39 is 0 Å². The summed E-state index contributed by atoms with van der Waals surface area (Å²) in [5.41, 5.74) is 4.24. The lowest BCUT2D eigenvalue weighted by atomic mass is 10.1. The van der Waals surface area contributed by atoms with Crippen LogP contribution in [0.1, 0.15) is 25.0 Å². The van der Waals surface area contributed by atoms with E-state index in [-0.39, 0.29) is 0 Å². The zero-order valence-electron chi connectivity index (χ0n) is 12.5. The molecule has 6 heteroatoms. The highest BCUT2D eigenvalue weighted by Crippen LogP contribution is 2.26. The molecule has 21 heavy (non-hydrogen) atoms. The Morgan fingerprint density at radius 2 is 2.10 bits per heavy atom.